The third-order valence-electron chi connectivity index (χ3n) is 1.05. The van der Waals surface area contributed by atoms with Crippen LogP contribution in [-0.2, 0) is 4.74 Å². The summed E-state index contributed by atoms with van der Waals surface area (Å²) in [6, 6.07) is 0.384. The number of rotatable bonds is 3. The number of methoxy groups -OCH3 is 1. The van der Waals surface area contributed by atoms with Gasteiger partial charge >= 0.3 is 0 Å². The first-order valence-electron chi connectivity index (χ1n) is 3.93. The average molecular weight is 147 g/mol. The minimum absolute atomic E-state index is 0.384. The van der Waals surface area contributed by atoms with Gasteiger partial charge in [-0.2, -0.15) is 0 Å². The van der Waals surface area contributed by atoms with Crippen LogP contribution in [0.2, 0.25) is 0 Å². The quantitative estimate of drug-likeness (QED) is 0.660. The van der Waals surface area contributed by atoms with E-state index in [2.05, 4.69) is 13.8 Å². The van der Waals surface area contributed by atoms with Gasteiger partial charge in [-0.3, -0.25) is 0 Å². The molecule has 0 amide bonds. The van der Waals surface area contributed by atoms with Crippen molar-refractivity contribution in [1.29, 1.82) is 0 Å². The first-order valence-corrected chi connectivity index (χ1v) is 3.93. The molecule has 0 fully saturated rings. The van der Waals surface area contributed by atoms with Crippen LogP contribution in [0.3, 0.4) is 0 Å². The second-order valence-corrected chi connectivity index (χ2v) is 2.38. The summed E-state index contributed by atoms with van der Waals surface area (Å²) >= 11 is 0. The minimum Gasteiger partial charge on any atom is -0.385 e. The smallest absolute Gasteiger partial charge is 0.0459 e. The lowest BCUT2D eigenvalue weighted by molar-refractivity contribution is 0.199. The zero-order chi connectivity index (χ0) is 8.41. The standard InChI is InChI=1S/C4H11N.C4H10O/c1-3-4(2)5;1-3-4-5-2/h4H,3,5H2,1-2H3;3-4H2,1-2H3. The van der Waals surface area contributed by atoms with Gasteiger partial charge in [0.05, 0.1) is 0 Å². The molecule has 0 aromatic carbocycles. The van der Waals surface area contributed by atoms with Gasteiger partial charge in [-0.05, 0) is 19.8 Å². The first-order chi connectivity index (χ1) is 4.68. The van der Waals surface area contributed by atoms with Crippen LogP contribution >= 0.6 is 0 Å². The van der Waals surface area contributed by atoms with Gasteiger partial charge in [0.1, 0.15) is 0 Å². The first kappa shape index (κ1) is 12.6. The highest BCUT2D eigenvalue weighted by atomic mass is 16.5. The van der Waals surface area contributed by atoms with Crippen LogP contribution < -0.4 is 5.73 Å². The molecule has 0 aliphatic heterocycles. The number of nitrogens with two attached hydrogens (primary N) is 1. The van der Waals surface area contributed by atoms with Gasteiger partial charge in [0.25, 0.3) is 0 Å². The Kier molecular flexibility index (Phi) is 14.7. The fourth-order valence-corrected chi connectivity index (χ4v) is 0.204. The molecule has 0 aliphatic rings. The molecule has 0 bridgehead atoms. The van der Waals surface area contributed by atoms with E-state index in [0.29, 0.717) is 6.04 Å². The summed E-state index contributed by atoms with van der Waals surface area (Å²) in [6.45, 7) is 7.05. The molecule has 2 N–H and O–H groups in total. The number of hydrogen-bond donors (Lipinski definition) is 1. The molecule has 2 nitrogen and oxygen atoms in total. The zero-order valence-corrected chi connectivity index (χ0v) is 7.68. The molecule has 1 unspecified atom stereocenters. The summed E-state index contributed by atoms with van der Waals surface area (Å²) in [7, 11) is 1.71. The number of ether oxygens (including phenoxy) is 1. The summed E-state index contributed by atoms with van der Waals surface area (Å²) in [5.41, 5.74) is 5.29. The van der Waals surface area contributed by atoms with Crippen molar-refractivity contribution in [2.24, 2.45) is 5.73 Å². The minimum atomic E-state index is 0.384. The normalized spacial score (nSPS) is 11.7. The Morgan fingerprint density at radius 3 is 1.80 bits per heavy atom. The van der Waals surface area contributed by atoms with Gasteiger partial charge in [-0.25, -0.2) is 0 Å². The Hall–Kier alpha value is -0.0800. The van der Waals surface area contributed by atoms with E-state index in [1.54, 1.807) is 7.11 Å². The van der Waals surface area contributed by atoms with Crippen LogP contribution in [0.1, 0.15) is 33.6 Å². The van der Waals surface area contributed by atoms with E-state index in [-0.39, 0.29) is 0 Å². The molecule has 0 rings (SSSR count). The highest BCUT2D eigenvalue weighted by molar-refractivity contribution is 4.43. The maximum Gasteiger partial charge on any atom is 0.0459 e. The van der Waals surface area contributed by atoms with Crippen molar-refractivity contribution in [2.45, 2.75) is 39.7 Å². The highest BCUT2D eigenvalue weighted by Gasteiger charge is 1.79. The Labute approximate surface area is 64.8 Å². The predicted molar refractivity (Wildman–Crippen MR) is 46.1 cm³/mol. The molecule has 0 aromatic rings. The van der Waals surface area contributed by atoms with Gasteiger partial charge in [-0.15, -0.1) is 0 Å². The zero-order valence-electron chi connectivity index (χ0n) is 7.68. The van der Waals surface area contributed by atoms with Gasteiger partial charge in [0, 0.05) is 19.8 Å². The lowest BCUT2D eigenvalue weighted by atomic mass is 10.3. The van der Waals surface area contributed by atoms with Crippen LogP contribution in [0.4, 0.5) is 0 Å². The summed E-state index contributed by atoms with van der Waals surface area (Å²) in [4.78, 5) is 0. The van der Waals surface area contributed by atoms with E-state index >= 15 is 0 Å². The van der Waals surface area contributed by atoms with Crippen molar-refractivity contribution in [3.8, 4) is 0 Å². The van der Waals surface area contributed by atoms with Crippen LogP contribution in [-0.4, -0.2) is 19.8 Å². The summed E-state index contributed by atoms with van der Waals surface area (Å²) in [6.07, 6.45) is 2.20. The van der Waals surface area contributed by atoms with Gasteiger partial charge in [-0.1, -0.05) is 13.8 Å². The van der Waals surface area contributed by atoms with E-state index in [1.165, 1.54) is 0 Å². The predicted octanol–water partition coefficient (Wildman–Crippen LogP) is 1.79. The lowest BCUT2D eigenvalue weighted by Crippen LogP contribution is -2.11. The highest BCUT2D eigenvalue weighted by Crippen LogP contribution is 1.77. The van der Waals surface area contributed by atoms with Gasteiger partial charge in [0.15, 0.2) is 0 Å². The van der Waals surface area contributed by atoms with E-state index < -0.39 is 0 Å². The Morgan fingerprint density at radius 2 is 1.80 bits per heavy atom. The molecule has 0 spiro atoms. The molecular weight excluding hydrogens is 126 g/mol. The SMILES string of the molecule is CCC(C)N.CCCOC. The fourth-order valence-electron chi connectivity index (χ4n) is 0.204. The second kappa shape index (κ2) is 11.7. The molecule has 64 valence electrons. The van der Waals surface area contributed by atoms with Crippen molar-refractivity contribution in [3.63, 3.8) is 0 Å². The Balaban J connectivity index is 0. The van der Waals surface area contributed by atoms with Crippen molar-refractivity contribution < 1.29 is 4.74 Å². The van der Waals surface area contributed by atoms with Crippen molar-refractivity contribution >= 4 is 0 Å². The van der Waals surface area contributed by atoms with Gasteiger partial charge in [0.2, 0.25) is 0 Å². The molecule has 2 heteroatoms. The van der Waals surface area contributed by atoms with E-state index in [9.17, 15) is 0 Å². The Morgan fingerprint density at radius 1 is 1.40 bits per heavy atom. The van der Waals surface area contributed by atoms with Gasteiger partial charge < -0.3 is 10.5 Å². The maximum atomic E-state index is 5.29. The molecule has 0 heterocycles. The molecule has 0 aromatic heterocycles. The molecule has 0 saturated carbocycles. The third kappa shape index (κ3) is 24.7. The maximum absolute atomic E-state index is 5.29. The van der Waals surface area contributed by atoms with Crippen LogP contribution in [0.15, 0.2) is 0 Å². The average Bonchev–Trinajstić information content (AvgIpc) is 1.91. The molecule has 10 heavy (non-hydrogen) atoms. The summed E-state index contributed by atoms with van der Waals surface area (Å²) in [5.74, 6) is 0. The second-order valence-electron chi connectivity index (χ2n) is 2.38. The van der Waals surface area contributed by atoms with Crippen LogP contribution in [0.25, 0.3) is 0 Å². The van der Waals surface area contributed by atoms with E-state index in [1.807, 2.05) is 6.92 Å². The topological polar surface area (TPSA) is 35.2 Å². The fraction of sp³-hybridized carbons (Fsp3) is 1.00. The van der Waals surface area contributed by atoms with Crippen LogP contribution in [0.5, 0.6) is 0 Å². The lowest BCUT2D eigenvalue weighted by Gasteiger charge is -1.91. The van der Waals surface area contributed by atoms with Crippen LogP contribution in [0, 0.1) is 0 Å². The summed E-state index contributed by atoms with van der Waals surface area (Å²) in [5, 5.41) is 0. The molecule has 0 radical (unpaired) electrons. The van der Waals surface area contributed by atoms with Crippen molar-refractivity contribution in [2.75, 3.05) is 13.7 Å². The summed E-state index contributed by atoms with van der Waals surface area (Å²) < 4.78 is 4.69. The monoisotopic (exact) mass is 147 g/mol. The largest absolute Gasteiger partial charge is 0.385 e. The molecule has 1 atom stereocenters. The van der Waals surface area contributed by atoms with E-state index in [0.717, 1.165) is 19.4 Å². The third-order valence-corrected chi connectivity index (χ3v) is 1.05. The van der Waals surface area contributed by atoms with Crippen molar-refractivity contribution in [1.82, 2.24) is 0 Å². The molecule has 0 saturated heterocycles. The number of hydrogen-bond acceptors (Lipinski definition) is 2. The Bertz CT molecular complexity index is 44.5. The van der Waals surface area contributed by atoms with Crippen molar-refractivity contribution in [3.05, 3.63) is 0 Å². The molecular formula is C8H21NO. The molecule has 0 aliphatic carbocycles. The van der Waals surface area contributed by atoms with E-state index in [4.69, 9.17) is 10.5 Å².